The van der Waals surface area contributed by atoms with E-state index in [1.54, 1.807) is 60.7 Å². The van der Waals surface area contributed by atoms with Crippen molar-refractivity contribution in [1.29, 1.82) is 0 Å². The fourth-order valence-corrected chi connectivity index (χ4v) is 4.25. The molecule has 7 nitrogen and oxygen atoms in total. The van der Waals surface area contributed by atoms with Gasteiger partial charge in [0.05, 0.1) is 16.9 Å². The number of aryl methyl sites for hydroxylation is 1. The second-order valence-corrected chi connectivity index (χ2v) is 7.98. The van der Waals surface area contributed by atoms with Gasteiger partial charge >= 0.3 is 5.69 Å². The first-order valence-electron chi connectivity index (χ1n) is 10.8. The van der Waals surface area contributed by atoms with Crippen LogP contribution in [-0.2, 0) is 13.5 Å². The standard InChI is InChI=1S/C27H21N3O4/c1-28-24-22(23(31)21(25(28)32)17-18-11-5-2-6-12-18)26(33)30(20-15-9-4-10-16-20)27(34)29(24)19-13-7-3-8-14-19/h2-16,31H,17H2,1H3. The minimum Gasteiger partial charge on any atom is -0.506 e. The van der Waals surface area contributed by atoms with Crippen LogP contribution in [0.3, 0.4) is 0 Å². The normalized spacial score (nSPS) is 11.1. The van der Waals surface area contributed by atoms with Crippen molar-refractivity contribution in [2.24, 2.45) is 7.05 Å². The van der Waals surface area contributed by atoms with Gasteiger partial charge in [-0.2, -0.15) is 0 Å². The van der Waals surface area contributed by atoms with Crippen molar-refractivity contribution < 1.29 is 5.11 Å². The molecule has 5 aromatic rings. The Hall–Kier alpha value is -4.65. The van der Waals surface area contributed by atoms with Gasteiger partial charge in [0.2, 0.25) is 0 Å². The van der Waals surface area contributed by atoms with Gasteiger partial charge in [-0.1, -0.05) is 66.7 Å². The minimum atomic E-state index is -0.694. The first-order valence-corrected chi connectivity index (χ1v) is 10.8. The molecule has 0 saturated carbocycles. The molecule has 2 aromatic heterocycles. The Kier molecular flexibility index (Phi) is 5.22. The Bertz CT molecular complexity index is 1680. The summed E-state index contributed by atoms with van der Waals surface area (Å²) >= 11 is 0. The summed E-state index contributed by atoms with van der Waals surface area (Å²) in [6.07, 6.45) is 0.143. The summed E-state index contributed by atoms with van der Waals surface area (Å²) in [6.45, 7) is 0. The summed E-state index contributed by atoms with van der Waals surface area (Å²) in [6, 6.07) is 26.5. The summed E-state index contributed by atoms with van der Waals surface area (Å²) in [5.74, 6) is -0.415. The molecule has 168 valence electrons. The molecule has 0 saturated heterocycles. The maximum Gasteiger partial charge on any atom is 0.341 e. The average molecular weight is 451 g/mol. The minimum absolute atomic E-state index is 0.0349. The molecular formula is C27H21N3O4. The second-order valence-electron chi connectivity index (χ2n) is 7.98. The topological polar surface area (TPSA) is 86.2 Å². The summed E-state index contributed by atoms with van der Waals surface area (Å²) in [7, 11) is 1.50. The van der Waals surface area contributed by atoms with Crippen LogP contribution in [0, 0.1) is 0 Å². The molecule has 7 heteroatoms. The Morgan fingerprint density at radius 2 is 1.18 bits per heavy atom. The lowest BCUT2D eigenvalue weighted by Crippen LogP contribution is -2.41. The van der Waals surface area contributed by atoms with Crippen LogP contribution in [0.5, 0.6) is 5.75 Å². The molecule has 0 spiro atoms. The van der Waals surface area contributed by atoms with Gasteiger partial charge in [-0.15, -0.1) is 0 Å². The zero-order valence-electron chi connectivity index (χ0n) is 18.4. The second kappa shape index (κ2) is 8.37. The molecule has 0 radical (unpaired) electrons. The third-order valence-electron chi connectivity index (χ3n) is 5.89. The SMILES string of the molecule is Cn1c(=O)c(Cc2ccccc2)c(O)c2c(=O)n(-c3ccccc3)c(=O)n(-c3ccccc3)c21. The van der Waals surface area contributed by atoms with E-state index in [1.165, 1.54) is 16.2 Å². The predicted molar refractivity (Wildman–Crippen MR) is 131 cm³/mol. The van der Waals surface area contributed by atoms with E-state index in [9.17, 15) is 19.5 Å². The van der Waals surface area contributed by atoms with E-state index in [0.717, 1.165) is 10.1 Å². The number of hydrogen-bond acceptors (Lipinski definition) is 4. The van der Waals surface area contributed by atoms with E-state index in [2.05, 4.69) is 0 Å². The number of hydrogen-bond donors (Lipinski definition) is 1. The van der Waals surface area contributed by atoms with Crippen LogP contribution < -0.4 is 16.8 Å². The van der Waals surface area contributed by atoms with Crippen molar-refractivity contribution in [3.63, 3.8) is 0 Å². The molecule has 0 aliphatic carbocycles. The summed E-state index contributed by atoms with van der Waals surface area (Å²) in [5.41, 5.74) is -0.0390. The molecule has 5 rings (SSSR count). The lowest BCUT2D eigenvalue weighted by molar-refractivity contribution is 0.471. The van der Waals surface area contributed by atoms with Gasteiger partial charge in [0.15, 0.2) is 0 Å². The highest BCUT2D eigenvalue weighted by Crippen LogP contribution is 2.26. The van der Waals surface area contributed by atoms with E-state index >= 15 is 0 Å². The molecule has 0 unspecified atom stereocenters. The van der Waals surface area contributed by atoms with Crippen molar-refractivity contribution >= 4 is 11.0 Å². The Morgan fingerprint density at radius 1 is 0.676 bits per heavy atom. The largest absolute Gasteiger partial charge is 0.506 e. The summed E-state index contributed by atoms with van der Waals surface area (Å²) < 4.78 is 3.57. The van der Waals surface area contributed by atoms with Gasteiger partial charge < -0.3 is 5.11 Å². The fourth-order valence-electron chi connectivity index (χ4n) is 4.25. The van der Waals surface area contributed by atoms with Gasteiger partial charge in [-0.3, -0.25) is 14.2 Å². The number of fused-ring (bicyclic) bond motifs is 1. The van der Waals surface area contributed by atoms with Crippen molar-refractivity contribution in [1.82, 2.24) is 13.7 Å². The van der Waals surface area contributed by atoms with Crippen LogP contribution in [0.15, 0.2) is 105 Å². The number of pyridine rings is 1. The molecule has 2 heterocycles. The third kappa shape index (κ3) is 3.34. The van der Waals surface area contributed by atoms with Gasteiger partial charge in [0.25, 0.3) is 11.1 Å². The van der Waals surface area contributed by atoms with E-state index < -0.39 is 22.6 Å². The van der Waals surface area contributed by atoms with Gasteiger partial charge in [-0.05, 0) is 29.8 Å². The highest BCUT2D eigenvalue weighted by atomic mass is 16.3. The Balaban J connectivity index is 1.96. The summed E-state index contributed by atoms with van der Waals surface area (Å²) in [4.78, 5) is 40.7. The van der Waals surface area contributed by atoms with Gasteiger partial charge in [0.1, 0.15) is 16.8 Å². The van der Waals surface area contributed by atoms with Crippen LogP contribution in [0.2, 0.25) is 0 Å². The quantitative estimate of drug-likeness (QED) is 0.455. The molecule has 1 N–H and O–H groups in total. The fraction of sp³-hybridized carbons (Fsp3) is 0.0741. The molecule has 0 amide bonds. The van der Waals surface area contributed by atoms with E-state index in [-0.39, 0.29) is 23.0 Å². The highest BCUT2D eigenvalue weighted by Gasteiger charge is 2.24. The van der Waals surface area contributed by atoms with Crippen LogP contribution in [-0.4, -0.2) is 18.8 Å². The smallest absolute Gasteiger partial charge is 0.341 e. The number of nitrogens with zero attached hydrogens (tertiary/aromatic N) is 3. The number of rotatable bonds is 4. The highest BCUT2D eigenvalue weighted by molar-refractivity contribution is 5.84. The van der Waals surface area contributed by atoms with Crippen LogP contribution in [0.1, 0.15) is 11.1 Å². The molecule has 0 bridgehead atoms. The van der Waals surface area contributed by atoms with Crippen LogP contribution in [0.25, 0.3) is 22.4 Å². The molecule has 34 heavy (non-hydrogen) atoms. The van der Waals surface area contributed by atoms with Crippen molar-refractivity contribution in [2.45, 2.75) is 6.42 Å². The molecule has 0 atom stereocenters. The van der Waals surface area contributed by atoms with Crippen LogP contribution >= 0.6 is 0 Å². The number of aromatic nitrogens is 3. The van der Waals surface area contributed by atoms with Gasteiger partial charge in [-0.25, -0.2) is 13.9 Å². The van der Waals surface area contributed by atoms with Crippen molar-refractivity contribution in [3.05, 3.63) is 133 Å². The first kappa shape index (κ1) is 21.2. The van der Waals surface area contributed by atoms with Gasteiger partial charge in [0, 0.05) is 13.5 Å². The number of para-hydroxylation sites is 2. The van der Waals surface area contributed by atoms with Crippen molar-refractivity contribution in [3.8, 4) is 17.1 Å². The molecule has 3 aromatic carbocycles. The summed E-state index contributed by atoms with van der Waals surface area (Å²) in [5, 5.41) is 11.2. The number of aromatic hydroxyl groups is 1. The van der Waals surface area contributed by atoms with E-state index in [1.807, 2.05) is 30.3 Å². The molecule has 0 aliphatic heterocycles. The lowest BCUT2D eigenvalue weighted by Gasteiger charge is -2.18. The average Bonchev–Trinajstić information content (AvgIpc) is 2.87. The third-order valence-corrected chi connectivity index (χ3v) is 5.89. The number of benzene rings is 3. The Morgan fingerprint density at radius 3 is 1.74 bits per heavy atom. The maximum absolute atomic E-state index is 13.7. The zero-order valence-corrected chi connectivity index (χ0v) is 18.4. The first-order chi connectivity index (χ1) is 16.5. The Labute approximate surface area is 194 Å². The van der Waals surface area contributed by atoms with Crippen LogP contribution in [0.4, 0.5) is 0 Å². The molecule has 0 fully saturated rings. The maximum atomic E-state index is 13.7. The predicted octanol–water partition coefficient (Wildman–Crippen LogP) is 3.14. The van der Waals surface area contributed by atoms with Crippen molar-refractivity contribution in [2.75, 3.05) is 0 Å². The zero-order chi connectivity index (χ0) is 23.8. The monoisotopic (exact) mass is 451 g/mol. The molecular weight excluding hydrogens is 430 g/mol. The molecule has 0 aliphatic rings. The van der Waals surface area contributed by atoms with E-state index in [0.29, 0.717) is 11.4 Å². The van der Waals surface area contributed by atoms with E-state index in [4.69, 9.17) is 0 Å². The lowest BCUT2D eigenvalue weighted by atomic mass is 10.0.